The lowest BCUT2D eigenvalue weighted by Crippen LogP contribution is -2.28. The Labute approximate surface area is 120 Å². The molecule has 1 nitrogen and oxygen atoms in total. The first kappa shape index (κ1) is 13.1. The van der Waals surface area contributed by atoms with Gasteiger partial charge < -0.3 is 4.74 Å². The maximum Gasteiger partial charge on any atom is 0.131 e. The van der Waals surface area contributed by atoms with Gasteiger partial charge in [0.1, 0.15) is 5.82 Å². The van der Waals surface area contributed by atoms with Crippen LogP contribution >= 0.6 is 15.9 Å². The minimum atomic E-state index is -0.208. The Morgan fingerprint density at radius 3 is 2.63 bits per heavy atom. The van der Waals surface area contributed by atoms with Gasteiger partial charge in [0.25, 0.3) is 0 Å². The van der Waals surface area contributed by atoms with Crippen LogP contribution in [0, 0.1) is 5.82 Å². The molecule has 1 aliphatic heterocycles. The Hall–Kier alpha value is -0.930. The van der Waals surface area contributed by atoms with E-state index in [1.54, 1.807) is 6.07 Å². The molecule has 1 fully saturated rings. The van der Waals surface area contributed by atoms with Gasteiger partial charge in [0, 0.05) is 12.0 Å². The topological polar surface area (TPSA) is 9.23 Å². The normalized spacial score (nSPS) is 24.8. The third-order valence-electron chi connectivity index (χ3n) is 3.96. The lowest BCUT2D eigenvalue weighted by Gasteiger charge is -2.30. The third kappa shape index (κ3) is 2.19. The van der Waals surface area contributed by atoms with Crippen LogP contribution in [0.2, 0.25) is 0 Å². The van der Waals surface area contributed by atoms with Crippen molar-refractivity contribution in [1.82, 2.24) is 0 Å². The molecule has 3 rings (SSSR count). The van der Waals surface area contributed by atoms with Crippen LogP contribution in [0.25, 0.3) is 10.8 Å². The van der Waals surface area contributed by atoms with Gasteiger partial charge in [-0.2, -0.15) is 0 Å². The van der Waals surface area contributed by atoms with Gasteiger partial charge in [-0.1, -0.05) is 46.3 Å². The minimum absolute atomic E-state index is 0.0769. The zero-order chi connectivity index (χ0) is 13.5. The Balaban J connectivity index is 2.12. The van der Waals surface area contributed by atoms with Gasteiger partial charge in [-0.05, 0) is 36.8 Å². The van der Waals surface area contributed by atoms with Gasteiger partial charge in [0.2, 0.25) is 0 Å². The summed E-state index contributed by atoms with van der Waals surface area (Å²) in [7, 11) is 0. The van der Waals surface area contributed by atoms with E-state index in [9.17, 15) is 4.39 Å². The van der Waals surface area contributed by atoms with Crippen LogP contribution in [0.15, 0.2) is 36.4 Å². The minimum Gasteiger partial charge on any atom is -0.374 e. The molecule has 100 valence electrons. The summed E-state index contributed by atoms with van der Waals surface area (Å²) in [6, 6.07) is 11.0. The Morgan fingerprint density at radius 1 is 1.21 bits per heavy atom. The van der Waals surface area contributed by atoms with E-state index in [1.807, 2.05) is 30.3 Å². The summed E-state index contributed by atoms with van der Waals surface area (Å²) in [5.74, 6) is -0.170. The molecule has 1 aliphatic rings. The standard InChI is InChI=1S/C16H16BrFO/c1-16(9-4-10-19-16)15(17)13-7-8-14(18)12-6-3-2-5-11(12)13/h2-3,5-8,15H,4,9-10H2,1H3. The average molecular weight is 323 g/mol. The second-order valence-corrected chi connectivity index (χ2v) is 6.23. The first-order valence-corrected chi connectivity index (χ1v) is 7.48. The van der Waals surface area contributed by atoms with Crippen LogP contribution in [-0.2, 0) is 4.74 Å². The molecule has 2 unspecified atom stereocenters. The third-order valence-corrected chi connectivity index (χ3v) is 5.42. The number of hydrogen-bond acceptors (Lipinski definition) is 1. The summed E-state index contributed by atoms with van der Waals surface area (Å²) in [5, 5.41) is 1.63. The first-order valence-electron chi connectivity index (χ1n) is 6.57. The molecule has 1 saturated heterocycles. The molecule has 0 N–H and O–H groups in total. The second kappa shape index (κ2) is 4.88. The van der Waals surface area contributed by atoms with E-state index in [4.69, 9.17) is 4.74 Å². The van der Waals surface area contributed by atoms with Crippen molar-refractivity contribution in [1.29, 1.82) is 0 Å². The van der Waals surface area contributed by atoms with E-state index in [1.165, 1.54) is 0 Å². The lowest BCUT2D eigenvalue weighted by molar-refractivity contribution is 0.0200. The Morgan fingerprint density at radius 2 is 1.95 bits per heavy atom. The fourth-order valence-corrected chi connectivity index (χ4v) is 3.60. The van der Waals surface area contributed by atoms with E-state index in [-0.39, 0.29) is 16.2 Å². The summed E-state index contributed by atoms with van der Waals surface area (Å²) in [6.07, 6.45) is 2.10. The van der Waals surface area contributed by atoms with E-state index in [2.05, 4.69) is 22.9 Å². The van der Waals surface area contributed by atoms with Crippen LogP contribution in [-0.4, -0.2) is 12.2 Å². The van der Waals surface area contributed by atoms with Gasteiger partial charge >= 0.3 is 0 Å². The summed E-state index contributed by atoms with van der Waals surface area (Å²) in [5.41, 5.74) is 0.891. The molecule has 0 radical (unpaired) electrons. The van der Waals surface area contributed by atoms with Crippen molar-refractivity contribution in [3.05, 3.63) is 47.8 Å². The zero-order valence-electron chi connectivity index (χ0n) is 10.8. The second-order valence-electron chi connectivity index (χ2n) is 5.31. The predicted octanol–water partition coefficient (Wildman–Crippen LogP) is 4.98. The van der Waals surface area contributed by atoms with Gasteiger partial charge in [0.15, 0.2) is 0 Å². The maximum absolute atomic E-state index is 13.9. The molecule has 0 spiro atoms. The smallest absolute Gasteiger partial charge is 0.131 e. The molecule has 1 heterocycles. The van der Waals surface area contributed by atoms with Crippen molar-refractivity contribution in [3.8, 4) is 0 Å². The largest absolute Gasteiger partial charge is 0.374 e. The summed E-state index contributed by atoms with van der Waals surface area (Å²) in [4.78, 5) is 0.0769. The fourth-order valence-electron chi connectivity index (χ4n) is 2.84. The van der Waals surface area contributed by atoms with Gasteiger partial charge in [0.05, 0.1) is 10.4 Å². The predicted molar refractivity (Wildman–Crippen MR) is 79.2 cm³/mol. The highest BCUT2D eigenvalue weighted by atomic mass is 79.9. The number of halogens is 2. The van der Waals surface area contributed by atoms with Crippen molar-refractivity contribution in [2.24, 2.45) is 0 Å². The lowest BCUT2D eigenvalue weighted by atomic mass is 9.90. The molecule has 0 aliphatic carbocycles. The Kier molecular flexibility index (Phi) is 3.35. The van der Waals surface area contributed by atoms with Crippen LogP contribution in [0.3, 0.4) is 0 Å². The van der Waals surface area contributed by atoms with Crippen molar-refractivity contribution < 1.29 is 9.13 Å². The molecule has 3 heteroatoms. The quantitative estimate of drug-likeness (QED) is 0.708. The summed E-state index contributed by atoms with van der Waals surface area (Å²) < 4.78 is 19.8. The van der Waals surface area contributed by atoms with Crippen LogP contribution in [0.5, 0.6) is 0 Å². The maximum atomic E-state index is 13.9. The van der Waals surface area contributed by atoms with Crippen molar-refractivity contribution in [2.45, 2.75) is 30.2 Å². The summed E-state index contributed by atoms with van der Waals surface area (Å²) in [6.45, 7) is 2.93. The molecule has 0 aromatic heterocycles. The molecule has 0 bridgehead atoms. The highest BCUT2D eigenvalue weighted by Crippen LogP contribution is 2.45. The molecular weight excluding hydrogens is 307 g/mol. The average Bonchev–Trinajstić information content (AvgIpc) is 2.87. The number of fused-ring (bicyclic) bond motifs is 1. The molecule has 19 heavy (non-hydrogen) atoms. The SMILES string of the molecule is CC1(C(Br)c2ccc(F)c3ccccc23)CCCO1. The highest BCUT2D eigenvalue weighted by Gasteiger charge is 2.38. The number of rotatable bonds is 2. The van der Waals surface area contributed by atoms with Gasteiger partial charge in [-0.15, -0.1) is 0 Å². The monoisotopic (exact) mass is 322 g/mol. The molecular formula is C16H16BrFO. The number of ether oxygens (including phenoxy) is 1. The van der Waals surface area contributed by atoms with E-state index >= 15 is 0 Å². The highest BCUT2D eigenvalue weighted by molar-refractivity contribution is 9.09. The molecule has 2 aromatic rings. The molecule has 0 amide bonds. The van der Waals surface area contributed by atoms with Gasteiger partial charge in [-0.3, -0.25) is 0 Å². The molecule has 2 atom stereocenters. The van der Waals surface area contributed by atoms with Crippen LogP contribution in [0.1, 0.15) is 30.2 Å². The molecule has 2 aromatic carbocycles. The van der Waals surface area contributed by atoms with Crippen molar-refractivity contribution in [2.75, 3.05) is 6.61 Å². The number of alkyl halides is 1. The number of benzene rings is 2. The zero-order valence-corrected chi connectivity index (χ0v) is 12.4. The van der Waals surface area contributed by atoms with Crippen LogP contribution in [0.4, 0.5) is 4.39 Å². The van der Waals surface area contributed by atoms with E-state index in [0.717, 1.165) is 30.4 Å². The Bertz CT molecular complexity index is 605. The van der Waals surface area contributed by atoms with E-state index < -0.39 is 0 Å². The number of hydrogen-bond donors (Lipinski definition) is 0. The summed E-state index contributed by atoms with van der Waals surface area (Å²) >= 11 is 3.77. The van der Waals surface area contributed by atoms with Crippen molar-refractivity contribution in [3.63, 3.8) is 0 Å². The molecule has 0 saturated carbocycles. The van der Waals surface area contributed by atoms with Crippen LogP contribution < -0.4 is 0 Å². The fraction of sp³-hybridized carbons (Fsp3) is 0.375. The first-order chi connectivity index (χ1) is 9.12. The van der Waals surface area contributed by atoms with E-state index in [0.29, 0.717) is 5.39 Å². The van der Waals surface area contributed by atoms with Gasteiger partial charge in [-0.25, -0.2) is 4.39 Å². The van der Waals surface area contributed by atoms with Crippen molar-refractivity contribution >= 4 is 26.7 Å².